The van der Waals surface area contributed by atoms with Crippen molar-refractivity contribution >= 4 is 46.2 Å². The van der Waals surface area contributed by atoms with Crippen LogP contribution in [-0.4, -0.2) is 42.2 Å². The zero-order valence-corrected chi connectivity index (χ0v) is 20.8. The first-order chi connectivity index (χ1) is 17.2. The van der Waals surface area contributed by atoms with Crippen LogP contribution in [-0.2, 0) is 11.0 Å². The Kier molecular flexibility index (Phi) is 6.61. The molecule has 3 aromatic rings. The molecule has 2 aromatic carbocycles. The van der Waals surface area contributed by atoms with Crippen LogP contribution in [0.4, 0.5) is 18.9 Å². The molecule has 10 heteroatoms. The minimum atomic E-state index is -4.44. The number of benzene rings is 2. The summed E-state index contributed by atoms with van der Waals surface area (Å²) in [6.45, 7) is 4.92. The molecule has 2 aliphatic rings. The Morgan fingerprint density at radius 3 is 2.50 bits per heavy atom. The maximum absolute atomic E-state index is 13.0. The number of halogens is 4. The molecule has 5 nitrogen and oxygen atoms in total. The number of carbonyl (C=O) groups excluding carboxylic acids is 1. The van der Waals surface area contributed by atoms with Crippen LogP contribution in [0.25, 0.3) is 17.4 Å². The third kappa shape index (κ3) is 5.17. The van der Waals surface area contributed by atoms with E-state index in [0.29, 0.717) is 34.5 Å². The van der Waals surface area contributed by atoms with Crippen LogP contribution in [0, 0.1) is 6.92 Å². The second kappa shape index (κ2) is 9.71. The van der Waals surface area contributed by atoms with Crippen LogP contribution in [0.15, 0.2) is 68.9 Å². The first-order valence-electron chi connectivity index (χ1n) is 11.2. The number of hydrogen-bond donors (Lipinski definition) is 0. The highest BCUT2D eigenvalue weighted by Crippen LogP contribution is 2.35. The lowest BCUT2D eigenvalue weighted by molar-refractivity contribution is -0.137. The number of aryl methyl sites for hydroxylation is 1. The van der Waals surface area contributed by atoms with Gasteiger partial charge in [0.1, 0.15) is 11.5 Å². The molecule has 186 valence electrons. The van der Waals surface area contributed by atoms with Crippen molar-refractivity contribution in [1.82, 2.24) is 4.90 Å². The van der Waals surface area contributed by atoms with E-state index in [1.165, 1.54) is 17.8 Å². The van der Waals surface area contributed by atoms with E-state index >= 15 is 0 Å². The summed E-state index contributed by atoms with van der Waals surface area (Å²) in [6.07, 6.45) is -2.86. The first-order valence-corrected chi connectivity index (χ1v) is 12.4. The molecular formula is C26H21ClF3N3O2S. The minimum Gasteiger partial charge on any atom is -0.457 e. The number of carbonyl (C=O) groups is 1. The summed E-state index contributed by atoms with van der Waals surface area (Å²) >= 11 is 7.54. The van der Waals surface area contributed by atoms with Crippen molar-refractivity contribution in [1.29, 1.82) is 0 Å². The number of aliphatic imine (C=N–C) groups is 1. The van der Waals surface area contributed by atoms with Crippen LogP contribution in [0.2, 0.25) is 5.02 Å². The second-order valence-corrected chi connectivity index (χ2v) is 9.91. The molecule has 2 aliphatic heterocycles. The quantitative estimate of drug-likeness (QED) is 0.351. The number of piperazine rings is 1. The Morgan fingerprint density at radius 1 is 1.03 bits per heavy atom. The van der Waals surface area contributed by atoms with Gasteiger partial charge in [0.15, 0.2) is 5.17 Å². The zero-order valence-electron chi connectivity index (χ0n) is 19.2. The van der Waals surface area contributed by atoms with Gasteiger partial charge in [-0.05, 0) is 60.6 Å². The third-order valence-corrected chi connectivity index (χ3v) is 7.51. The predicted molar refractivity (Wildman–Crippen MR) is 137 cm³/mol. The predicted octanol–water partition coefficient (Wildman–Crippen LogP) is 6.72. The molecule has 1 fully saturated rings. The van der Waals surface area contributed by atoms with Crippen molar-refractivity contribution in [3.05, 3.63) is 81.4 Å². The molecule has 0 unspecified atom stereocenters. The van der Waals surface area contributed by atoms with Gasteiger partial charge in [-0.3, -0.25) is 4.79 Å². The highest BCUT2D eigenvalue weighted by molar-refractivity contribution is 8.18. The van der Waals surface area contributed by atoms with E-state index in [0.717, 1.165) is 41.5 Å². The summed E-state index contributed by atoms with van der Waals surface area (Å²) < 4.78 is 44.8. The Bertz CT molecular complexity index is 1370. The van der Waals surface area contributed by atoms with Gasteiger partial charge in [-0.25, -0.2) is 0 Å². The summed E-state index contributed by atoms with van der Waals surface area (Å²) in [7, 11) is 0. The number of rotatable bonds is 3. The largest absolute Gasteiger partial charge is 0.457 e. The number of alkyl halides is 3. The van der Waals surface area contributed by atoms with E-state index in [-0.39, 0.29) is 11.7 Å². The molecule has 0 radical (unpaired) electrons. The first kappa shape index (κ1) is 24.5. The van der Waals surface area contributed by atoms with Gasteiger partial charge in [-0.15, -0.1) is 0 Å². The van der Waals surface area contributed by atoms with Crippen molar-refractivity contribution in [2.24, 2.45) is 4.99 Å². The van der Waals surface area contributed by atoms with Crippen molar-refractivity contribution in [2.75, 3.05) is 31.1 Å². The maximum Gasteiger partial charge on any atom is 0.416 e. The molecule has 0 bridgehead atoms. The van der Waals surface area contributed by atoms with Crippen LogP contribution in [0.5, 0.6) is 0 Å². The molecule has 1 saturated heterocycles. The summed E-state index contributed by atoms with van der Waals surface area (Å²) in [5, 5.41) is 1.37. The minimum absolute atomic E-state index is 0.289. The summed E-state index contributed by atoms with van der Waals surface area (Å²) in [4.78, 5) is 21.5. The maximum atomic E-state index is 13.0. The average molecular weight is 532 g/mol. The Morgan fingerprint density at radius 2 is 1.78 bits per heavy atom. The molecule has 0 atom stereocenters. The van der Waals surface area contributed by atoms with Crippen molar-refractivity contribution in [3.8, 4) is 11.3 Å². The molecule has 3 heterocycles. The fraction of sp³-hybridized carbons (Fsp3) is 0.231. The van der Waals surface area contributed by atoms with Gasteiger partial charge in [0.2, 0.25) is 0 Å². The summed E-state index contributed by atoms with van der Waals surface area (Å²) in [5.41, 5.74) is 1.66. The van der Waals surface area contributed by atoms with Gasteiger partial charge in [0.05, 0.1) is 10.5 Å². The van der Waals surface area contributed by atoms with E-state index in [9.17, 15) is 18.0 Å². The standard InChI is InChI=1S/C26H21ClF3N3O2S/c1-16-5-6-19(14-21(16)27)32-9-11-33(12-10-32)25-31-24(34)23(36-25)15-20-7-8-22(35-20)17-3-2-4-18(13-17)26(28,29)30/h2-8,13-15H,9-12H2,1H3. The third-order valence-electron chi connectivity index (χ3n) is 6.05. The molecule has 5 rings (SSSR count). The number of nitrogens with zero attached hydrogens (tertiary/aromatic N) is 3. The lowest BCUT2D eigenvalue weighted by atomic mass is 10.1. The molecule has 1 amide bonds. The normalized spacial score (nSPS) is 17.8. The number of amidine groups is 1. The van der Waals surface area contributed by atoms with Crippen LogP contribution >= 0.6 is 23.4 Å². The summed E-state index contributed by atoms with van der Waals surface area (Å²) in [6, 6.07) is 14.2. The lowest BCUT2D eigenvalue weighted by Crippen LogP contribution is -2.47. The zero-order chi connectivity index (χ0) is 25.4. The van der Waals surface area contributed by atoms with E-state index < -0.39 is 11.7 Å². The highest BCUT2D eigenvalue weighted by atomic mass is 35.5. The van der Waals surface area contributed by atoms with Crippen molar-refractivity contribution in [2.45, 2.75) is 13.1 Å². The van der Waals surface area contributed by atoms with Crippen molar-refractivity contribution in [3.63, 3.8) is 0 Å². The van der Waals surface area contributed by atoms with Crippen molar-refractivity contribution < 1.29 is 22.4 Å². The molecular weight excluding hydrogens is 511 g/mol. The molecule has 0 spiro atoms. The second-order valence-electron chi connectivity index (χ2n) is 8.50. The van der Waals surface area contributed by atoms with Gasteiger partial charge in [0.25, 0.3) is 5.91 Å². The van der Waals surface area contributed by atoms with Crippen LogP contribution in [0.1, 0.15) is 16.9 Å². The molecule has 0 N–H and O–H groups in total. The number of hydrogen-bond acceptors (Lipinski definition) is 5. The van der Waals surface area contributed by atoms with Gasteiger partial charge < -0.3 is 14.2 Å². The summed E-state index contributed by atoms with van der Waals surface area (Å²) in [5.74, 6) is 0.299. The van der Waals surface area contributed by atoms with E-state index in [2.05, 4.69) is 20.9 Å². The number of thioether (sulfide) groups is 1. The van der Waals surface area contributed by atoms with Crippen LogP contribution < -0.4 is 4.90 Å². The fourth-order valence-corrected chi connectivity index (χ4v) is 5.15. The molecule has 0 saturated carbocycles. The Balaban J connectivity index is 1.24. The van der Waals surface area contributed by atoms with Crippen LogP contribution in [0.3, 0.4) is 0 Å². The van der Waals surface area contributed by atoms with Gasteiger partial charge in [-0.1, -0.05) is 29.8 Å². The van der Waals surface area contributed by atoms with E-state index in [1.807, 2.05) is 19.1 Å². The van der Waals surface area contributed by atoms with Gasteiger partial charge in [-0.2, -0.15) is 18.2 Å². The SMILES string of the molecule is Cc1ccc(N2CCN(C3=NC(=O)C(=Cc4ccc(-c5cccc(C(F)(F)F)c5)o4)S3)CC2)cc1Cl. The van der Waals surface area contributed by atoms with Gasteiger partial charge >= 0.3 is 6.18 Å². The molecule has 1 aromatic heterocycles. The monoisotopic (exact) mass is 531 g/mol. The Labute approximate surface area is 215 Å². The number of furan rings is 1. The smallest absolute Gasteiger partial charge is 0.416 e. The Hall–Kier alpha value is -3.17. The van der Waals surface area contributed by atoms with Gasteiger partial charge in [0, 0.05) is 48.5 Å². The lowest BCUT2D eigenvalue weighted by Gasteiger charge is -2.36. The topological polar surface area (TPSA) is 49.0 Å². The average Bonchev–Trinajstić information content (AvgIpc) is 3.47. The van der Waals surface area contributed by atoms with E-state index in [4.69, 9.17) is 16.0 Å². The number of anilines is 1. The highest BCUT2D eigenvalue weighted by Gasteiger charge is 2.31. The number of amides is 1. The molecule has 36 heavy (non-hydrogen) atoms. The van der Waals surface area contributed by atoms with E-state index in [1.54, 1.807) is 24.3 Å². The molecule has 0 aliphatic carbocycles. The fourth-order valence-electron chi connectivity index (χ4n) is 4.03.